The van der Waals surface area contributed by atoms with Crippen LogP contribution < -0.4 is 4.72 Å². The minimum absolute atomic E-state index is 0.0615. The van der Waals surface area contributed by atoms with Crippen LogP contribution in [0, 0.1) is 11.2 Å². The average Bonchev–Trinajstić information content (AvgIpc) is 2.76. The van der Waals surface area contributed by atoms with Crippen molar-refractivity contribution >= 4 is 39.1 Å². The molecular formula is C26H31Cl2FN2O3S. The van der Waals surface area contributed by atoms with Crippen molar-refractivity contribution in [1.82, 2.24) is 9.62 Å². The van der Waals surface area contributed by atoms with Gasteiger partial charge in [0, 0.05) is 28.5 Å². The van der Waals surface area contributed by atoms with E-state index in [-0.39, 0.29) is 23.4 Å². The van der Waals surface area contributed by atoms with Gasteiger partial charge in [0.1, 0.15) is 5.82 Å². The first kappa shape index (κ1) is 27.7. The molecule has 1 N–H and O–H groups in total. The zero-order valence-corrected chi connectivity index (χ0v) is 22.4. The molecule has 5 nitrogen and oxygen atoms in total. The standard InChI is InChI=1S/C26H31Cl2FN2O3S/c1-5-11-26(3)15-23(18-12-20(28)14-21(29)13-18)24(17-7-9-19(27)10-8-17)31(25(26)32)22(6-2)16-30-35(4,33)34/h5,7-10,12-14,22-24,30H,1,6,11,15-16H2,2-4H3/t22-,23+,24+,26-/m0/s1. The highest BCUT2D eigenvalue weighted by Crippen LogP contribution is 2.52. The second-order valence-electron chi connectivity index (χ2n) is 9.46. The van der Waals surface area contributed by atoms with E-state index in [9.17, 15) is 17.6 Å². The summed E-state index contributed by atoms with van der Waals surface area (Å²) in [5.74, 6) is -0.862. The molecule has 35 heavy (non-hydrogen) atoms. The summed E-state index contributed by atoms with van der Waals surface area (Å²) >= 11 is 12.4. The minimum atomic E-state index is -3.48. The Kier molecular flexibility index (Phi) is 8.69. The van der Waals surface area contributed by atoms with Gasteiger partial charge in [-0.25, -0.2) is 17.5 Å². The van der Waals surface area contributed by atoms with Gasteiger partial charge in [0.15, 0.2) is 0 Å². The first-order valence-corrected chi connectivity index (χ1v) is 14.1. The number of benzene rings is 2. The highest BCUT2D eigenvalue weighted by molar-refractivity contribution is 7.88. The molecule has 0 spiro atoms. The molecule has 4 atom stereocenters. The van der Waals surface area contributed by atoms with E-state index in [0.29, 0.717) is 29.8 Å². The maximum absolute atomic E-state index is 14.5. The van der Waals surface area contributed by atoms with Crippen LogP contribution in [-0.2, 0) is 14.8 Å². The van der Waals surface area contributed by atoms with Crippen LogP contribution >= 0.6 is 23.2 Å². The fourth-order valence-electron chi connectivity index (χ4n) is 5.03. The second kappa shape index (κ2) is 11.0. The fraction of sp³-hybridized carbons (Fsp3) is 0.423. The van der Waals surface area contributed by atoms with Gasteiger partial charge in [-0.1, -0.05) is 55.3 Å². The molecule has 2 aromatic carbocycles. The van der Waals surface area contributed by atoms with E-state index in [1.807, 2.05) is 26.0 Å². The van der Waals surface area contributed by atoms with Gasteiger partial charge in [0.2, 0.25) is 15.9 Å². The lowest BCUT2D eigenvalue weighted by Gasteiger charge is -2.52. The minimum Gasteiger partial charge on any atom is -0.330 e. The third-order valence-corrected chi connectivity index (χ3v) is 7.83. The number of rotatable bonds is 9. The number of allylic oxidation sites excluding steroid dienone is 1. The number of piperidine rings is 1. The van der Waals surface area contributed by atoms with Crippen LogP contribution in [0.4, 0.5) is 4.39 Å². The van der Waals surface area contributed by atoms with Gasteiger partial charge >= 0.3 is 0 Å². The number of likely N-dealkylation sites (tertiary alicyclic amines) is 1. The van der Waals surface area contributed by atoms with Crippen molar-refractivity contribution in [3.8, 4) is 0 Å². The Morgan fingerprint density at radius 1 is 1.20 bits per heavy atom. The SMILES string of the molecule is C=CC[C@@]1(C)C[C@H](c2cc(F)cc(Cl)c2)[C@@H](c2ccc(Cl)cc2)N([C@@H](CC)CNS(C)(=O)=O)C1=O. The van der Waals surface area contributed by atoms with Crippen LogP contribution in [0.5, 0.6) is 0 Å². The van der Waals surface area contributed by atoms with E-state index < -0.39 is 33.3 Å². The number of carbonyl (C=O) groups is 1. The summed E-state index contributed by atoms with van der Waals surface area (Å²) in [5, 5.41) is 0.824. The predicted octanol–water partition coefficient (Wildman–Crippen LogP) is 6.10. The van der Waals surface area contributed by atoms with Crippen molar-refractivity contribution in [2.45, 2.75) is 51.1 Å². The number of hydrogen-bond acceptors (Lipinski definition) is 3. The van der Waals surface area contributed by atoms with Gasteiger partial charge in [0.25, 0.3) is 0 Å². The lowest BCUT2D eigenvalue weighted by Crippen LogP contribution is -2.57. The first-order valence-electron chi connectivity index (χ1n) is 11.5. The van der Waals surface area contributed by atoms with Crippen LogP contribution in [0.15, 0.2) is 55.1 Å². The van der Waals surface area contributed by atoms with Crippen molar-refractivity contribution in [2.75, 3.05) is 12.8 Å². The number of carbonyl (C=O) groups excluding carboxylic acids is 1. The third kappa shape index (κ3) is 6.45. The Morgan fingerprint density at radius 2 is 1.86 bits per heavy atom. The Morgan fingerprint density at radius 3 is 2.40 bits per heavy atom. The van der Waals surface area contributed by atoms with E-state index in [1.54, 1.807) is 29.2 Å². The van der Waals surface area contributed by atoms with E-state index in [1.165, 1.54) is 12.1 Å². The quantitative estimate of drug-likeness (QED) is 0.390. The molecule has 0 bridgehead atoms. The molecule has 0 aromatic heterocycles. The summed E-state index contributed by atoms with van der Waals surface area (Å²) in [6.07, 6.45) is 4.18. The Bertz CT molecular complexity index is 1170. The molecule has 0 saturated carbocycles. The Labute approximate surface area is 217 Å². The topological polar surface area (TPSA) is 66.5 Å². The van der Waals surface area contributed by atoms with Crippen molar-refractivity contribution in [3.63, 3.8) is 0 Å². The zero-order chi connectivity index (χ0) is 26.0. The molecule has 1 amide bonds. The molecule has 190 valence electrons. The van der Waals surface area contributed by atoms with Crippen molar-refractivity contribution < 1.29 is 17.6 Å². The van der Waals surface area contributed by atoms with E-state index in [4.69, 9.17) is 23.2 Å². The van der Waals surface area contributed by atoms with Crippen LogP contribution in [0.3, 0.4) is 0 Å². The molecular weight excluding hydrogens is 510 g/mol. The molecule has 0 unspecified atom stereocenters. The van der Waals surface area contributed by atoms with Gasteiger partial charge in [-0.15, -0.1) is 6.58 Å². The largest absolute Gasteiger partial charge is 0.330 e. The normalized spacial score (nSPS) is 23.8. The monoisotopic (exact) mass is 540 g/mol. The number of nitrogens with zero attached hydrogens (tertiary/aromatic N) is 1. The molecule has 0 radical (unpaired) electrons. The maximum Gasteiger partial charge on any atom is 0.229 e. The van der Waals surface area contributed by atoms with Crippen molar-refractivity contribution in [2.24, 2.45) is 5.41 Å². The smallest absolute Gasteiger partial charge is 0.229 e. The third-order valence-electron chi connectivity index (χ3n) is 6.67. The summed E-state index contributed by atoms with van der Waals surface area (Å²) in [6, 6.07) is 10.7. The molecule has 2 aromatic rings. The van der Waals surface area contributed by atoms with Crippen LogP contribution in [0.2, 0.25) is 10.0 Å². The van der Waals surface area contributed by atoms with Crippen molar-refractivity contribution in [3.05, 3.63) is 82.1 Å². The highest BCUT2D eigenvalue weighted by Gasteiger charge is 2.51. The summed E-state index contributed by atoms with van der Waals surface area (Å²) in [7, 11) is -3.48. The van der Waals surface area contributed by atoms with Crippen LogP contribution in [-0.4, -0.2) is 38.1 Å². The Balaban J connectivity index is 2.23. The number of nitrogens with one attached hydrogen (secondary N) is 1. The molecule has 3 rings (SSSR count). The molecule has 9 heteroatoms. The van der Waals surface area contributed by atoms with Crippen LogP contribution in [0.25, 0.3) is 0 Å². The molecule has 1 heterocycles. The number of sulfonamides is 1. The maximum atomic E-state index is 14.5. The molecule has 1 fully saturated rings. The zero-order valence-electron chi connectivity index (χ0n) is 20.1. The first-order chi connectivity index (χ1) is 16.4. The van der Waals surface area contributed by atoms with E-state index in [0.717, 1.165) is 11.8 Å². The van der Waals surface area contributed by atoms with Gasteiger partial charge < -0.3 is 4.90 Å². The van der Waals surface area contributed by atoms with Crippen molar-refractivity contribution in [1.29, 1.82) is 0 Å². The van der Waals surface area contributed by atoms with Gasteiger partial charge in [0.05, 0.1) is 17.7 Å². The average molecular weight is 542 g/mol. The van der Waals surface area contributed by atoms with Crippen LogP contribution in [0.1, 0.15) is 56.2 Å². The summed E-state index contributed by atoms with van der Waals surface area (Å²) in [5.41, 5.74) is 0.687. The van der Waals surface area contributed by atoms with Gasteiger partial charge in [-0.3, -0.25) is 4.79 Å². The highest BCUT2D eigenvalue weighted by atomic mass is 35.5. The molecule has 1 saturated heterocycles. The summed E-state index contributed by atoms with van der Waals surface area (Å²) < 4.78 is 40.8. The predicted molar refractivity (Wildman–Crippen MR) is 140 cm³/mol. The molecule has 1 aliphatic rings. The summed E-state index contributed by atoms with van der Waals surface area (Å²) in [4.78, 5) is 15.9. The summed E-state index contributed by atoms with van der Waals surface area (Å²) in [6.45, 7) is 7.70. The van der Waals surface area contributed by atoms with Gasteiger partial charge in [-0.2, -0.15) is 0 Å². The molecule has 0 aliphatic carbocycles. The fourth-order valence-corrected chi connectivity index (χ4v) is 5.88. The lowest BCUT2D eigenvalue weighted by molar-refractivity contribution is -0.154. The number of hydrogen-bond donors (Lipinski definition) is 1. The number of amides is 1. The van der Waals surface area contributed by atoms with E-state index in [2.05, 4.69) is 11.3 Å². The second-order valence-corrected chi connectivity index (χ2v) is 12.2. The number of halogens is 3. The van der Waals surface area contributed by atoms with E-state index >= 15 is 0 Å². The lowest BCUT2D eigenvalue weighted by atomic mass is 9.67. The molecule has 1 aliphatic heterocycles. The van der Waals surface area contributed by atoms with Gasteiger partial charge in [-0.05, 0) is 60.7 Å². The Hall–Kier alpha value is -1.93.